The molecule has 5 nitrogen and oxygen atoms in total. The number of amides is 1. The third kappa shape index (κ3) is 5.21. The number of methoxy groups -OCH3 is 1. The van der Waals surface area contributed by atoms with Crippen molar-refractivity contribution in [3.8, 4) is 5.75 Å². The number of nitrogens with one attached hydrogen (secondary N) is 2. The van der Waals surface area contributed by atoms with Crippen LogP contribution in [0.3, 0.4) is 0 Å². The number of pyridine rings is 1. The molecule has 138 valence electrons. The second kappa shape index (κ2) is 9.05. The number of nitrogens with zero attached hydrogens (tertiary/aromatic N) is 1. The van der Waals surface area contributed by atoms with Gasteiger partial charge >= 0.3 is 0 Å². The minimum atomic E-state index is -0.238. The number of benzene rings is 2. The molecule has 1 aromatic heterocycles. The fourth-order valence-electron chi connectivity index (χ4n) is 2.60. The molecule has 3 rings (SSSR count). The molecule has 0 radical (unpaired) electrons. The minimum Gasteiger partial charge on any atom is -0.495 e. The molecule has 27 heavy (non-hydrogen) atoms. The Morgan fingerprint density at radius 1 is 1.11 bits per heavy atom. The number of carbonyl (C=O) groups is 1. The minimum absolute atomic E-state index is 0.238. The average Bonchev–Trinajstić information content (AvgIpc) is 2.69. The second-order valence-corrected chi connectivity index (χ2v) is 6.33. The molecule has 0 aliphatic rings. The lowest BCUT2D eigenvalue weighted by atomic mass is 10.1. The van der Waals surface area contributed by atoms with E-state index in [1.165, 1.54) is 0 Å². The van der Waals surface area contributed by atoms with Crippen molar-refractivity contribution in [3.05, 3.63) is 83.0 Å². The Labute approximate surface area is 163 Å². The van der Waals surface area contributed by atoms with Gasteiger partial charge in [-0.3, -0.25) is 4.79 Å². The van der Waals surface area contributed by atoms with E-state index in [0.717, 1.165) is 23.6 Å². The normalized spacial score (nSPS) is 10.3. The topological polar surface area (TPSA) is 63.2 Å². The van der Waals surface area contributed by atoms with Crippen molar-refractivity contribution in [3.63, 3.8) is 0 Å². The standard InChI is InChI=1S/C21H20ClN3O2/c1-27-19-8-3-2-7-18(19)25-21(26)16-9-10-20(24-14-16)23-12-11-15-5-4-6-17(22)13-15/h2-10,13-14H,11-12H2,1H3,(H,23,24)(H,25,26). The first-order valence-electron chi connectivity index (χ1n) is 8.54. The van der Waals surface area contributed by atoms with Gasteiger partial charge in [-0.2, -0.15) is 0 Å². The molecule has 2 aromatic carbocycles. The van der Waals surface area contributed by atoms with Gasteiger partial charge in [0.15, 0.2) is 0 Å². The molecule has 1 heterocycles. The Morgan fingerprint density at radius 3 is 2.70 bits per heavy atom. The van der Waals surface area contributed by atoms with Gasteiger partial charge in [-0.25, -0.2) is 4.98 Å². The van der Waals surface area contributed by atoms with E-state index in [4.69, 9.17) is 16.3 Å². The number of aromatic nitrogens is 1. The third-order valence-corrected chi connectivity index (χ3v) is 4.22. The van der Waals surface area contributed by atoms with Crippen LogP contribution in [0, 0.1) is 0 Å². The summed E-state index contributed by atoms with van der Waals surface area (Å²) in [6, 6.07) is 18.6. The van der Waals surface area contributed by atoms with Gasteiger partial charge in [0.05, 0.1) is 18.4 Å². The number of hydrogen-bond acceptors (Lipinski definition) is 4. The lowest BCUT2D eigenvalue weighted by Gasteiger charge is -2.10. The van der Waals surface area contributed by atoms with Gasteiger partial charge in [-0.05, 0) is 48.4 Å². The van der Waals surface area contributed by atoms with E-state index in [-0.39, 0.29) is 5.91 Å². The smallest absolute Gasteiger partial charge is 0.257 e. The van der Waals surface area contributed by atoms with Crippen molar-refractivity contribution in [1.82, 2.24) is 4.98 Å². The molecule has 2 N–H and O–H groups in total. The van der Waals surface area contributed by atoms with Gasteiger partial charge in [-0.1, -0.05) is 35.9 Å². The highest BCUT2D eigenvalue weighted by Gasteiger charge is 2.09. The van der Waals surface area contributed by atoms with Crippen LogP contribution in [0.2, 0.25) is 5.02 Å². The van der Waals surface area contributed by atoms with Gasteiger partial charge in [-0.15, -0.1) is 0 Å². The van der Waals surface area contributed by atoms with Crippen molar-refractivity contribution < 1.29 is 9.53 Å². The first-order chi connectivity index (χ1) is 13.2. The van der Waals surface area contributed by atoms with Crippen molar-refractivity contribution in [2.75, 3.05) is 24.3 Å². The van der Waals surface area contributed by atoms with E-state index < -0.39 is 0 Å². The summed E-state index contributed by atoms with van der Waals surface area (Å²) in [4.78, 5) is 16.7. The molecule has 0 bridgehead atoms. The quantitative estimate of drug-likeness (QED) is 0.625. The zero-order valence-electron chi connectivity index (χ0n) is 14.9. The Hall–Kier alpha value is -3.05. The van der Waals surface area contributed by atoms with Crippen LogP contribution >= 0.6 is 11.6 Å². The molecule has 0 aliphatic carbocycles. The van der Waals surface area contributed by atoms with Crippen molar-refractivity contribution in [1.29, 1.82) is 0 Å². The molecule has 0 saturated heterocycles. The Morgan fingerprint density at radius 2 is 1.96 bits per heavy atom. The monoisotopic (exact) mass is 381 g/mol. The first-order valence-corrected chi connectivity index (χ1v) is 8.92. The molecule has 0 atom stereocenters. The second-order valence-electron chi connectivity index (χ2n) is 5.89. The fraction of sp³-hybridized carbons (Fsp3) is 0.143. The predicted molar refractivity (Wildman–Crippen MR) is 109 cm³/mol. The van der Waals surface area contributed by atoms with E-state index in [1.54, 1.807) is 37.6 Å². The van der Waals surface area contributed by atoms with Crippen LogP contribution in [0.5, 0.6) is 5.75 Å². The lowest BCUT2D eigenvalue weighted by Crippen LogP contribution is -2.13. The summed E-state index contributed by atoms with van der Waals surface area (Å²) in [6.45, 7) is 0.722. The summed E-state index contributed by atoms with van der Waals surface area (Å²) >= 11 is 5.99. The zero-order valence-corrected chi connectivity index (χ0v) is 15.7. The van der Waals surface area contributed by atoms with Crippen LogP contribution in [-0.2, 0) is 6.42 Å². The maximum atomic E-state index is 12.4. The summed E-state index contributed by atoms with van der Waals surface area (Å²) in [6.07, 6.45) is 2.38. The Balaban J connectivity index is 1.55. The number of para-hydroxylation sites is 2. The number of ether oxygens (including phenoxy) is 1. The highest BCUT2D eigenvalue weighted by Crippen LogP contribution is 2.23. The van der Waals surface area contributed by atoms with E-state index in [9.17, 15) is 4.79 Å². The molecule has 6 heteroatoms. The van der Waals surface area contributed by atoms with E-state index >= 15 is 0 Å². The molecular weight excluding hydrogens is 362 g/mol. The van der Waals surface area contributed by atoms with Crippen molar-refractivity contribution in [2.24, 2.45) is 0 Å². The zero-order chi connectivity index (χ0) is 19.1. The van der Waals surface area contributed by atoms with Gasteiger partial charge in [0.25, 0.3) is 5.91 Å². The maximum Gasteiger partial charge on any atom is 0.257 e. The highest BCUT2D eigenvalue weighted by atomic mass is 35.5. The Bertz CT molecular complexity index is 913. The molecule has 0 unspecified atom stereocenters. The predicted octanol–water partition coefficient (Wildman–Crippen LogP) is 4.65. The SMILES string of the molecule is COc1ccccc1NC(=O)c1ccc(NCCc2cccc(Cl)c2)nc1. The van der Waals surface area contributed by atoms with Crippen LogP contribution in [0.1, 0.15) is 15.9 Å². The molecule has 0 fully saturated rings. The molecular formula is C21H20ClN3O2. The van der Waals surface area contributed by atoms with Crippen LogP contribution in [0.15, 0.2) is 66.9 Å². The van der Waals surface area contributed by atoms with Crippen LogP contribution < -0.4 is 15.4 Å². The van der Waals surface area contributed by atoms with E-state index in [1.807, 2.05) is 36.4 Å². The number of carbonyl (C=O) groups excluding carboxylic acids is 1. The van der Waals surface area contributed by atoms with Crippen molar-refractivity contribution >= 4 is 29.0 Å². The maximum absolute atomic E-state index is 12.4. The van der Waals surface area contributed by atoms with E-state index in [0.29, 0.717) is 22.8 Å². The van der Waals surface area contributed by atoms with Crippen LogP contribution in [0.4, 0.5) is 11.5 Å². The molecule has 0 saturated carbocycles. The van der Waals surface area contributed by atoms with Gasteiger partial charge in [0, 0.05) is 17.8 Å². The van der Waals surface area contributed by atoms with Gasteiger partial charge in [0.2, 0.25) is 0 Å². The number of rotatable bonds is 7. The molecule has 1 amide bonds. The summed E-state index contributed by atoms with van der Waals surface area (Å²) in [7, 11) is 1.57. The molecule has 0 aliphatic heterocycles. The first kappa shape index (κ1) is 18.7. The Kier molecular flexibility index (Phi) is 6.28. The van der Waals surface area contributed by atoms with Gasteiger partial charge in [0.1, 0.15) is 11.6 Å². The number of anilines is 2. The van der Waals surface area contributed by atoms with Crippen LogP contribution in [-0.4, -0.2) is 24.5 Å². The summed E-state index contributed by atoms with van der Waals surface area (Å²) in [5.74, 6) is 1.08. The molecule has 0 spiro atoms. The van der Waals surface area contributed by atoms with Crippen molar-refractivity contribution in [2.45, 2.75) is 6.42 Å². The number of halogens is 1. The number of hydrogen-bond donors (Lipinski definition) is 2. The average molecular weight is 382 g/mol. The van der Waals surface area contributed by atoms with Crippen LogP contribution in [0.25, 0.3) is 0 Å². The summed E-state index contributed by atoms with van der Waals surface area (Å²) < 4.78 is 5.24. The highest BCUT2D eigenvalue weighted by molar-refractivity contribution is 6.30. The van der Waals surface area contributed by atoms with Gasteiger partial charge < -0.3 is 15.4 Å². The summed E-state index contributed by atoms with van der Waals surface area (Å²) in [5.41, 5.74) is 2.25. The van der Waals surface area contributed by atoms with E-state index in [2.05, 4.69) is 15.6 Å². The largest absolute Gasteiger partial charge is 0.495 e. The lowest BCUT2D eigenvalue weighted by molar-refractivity contribution is 0.102. The molecule has 3 aromatic rings. The summed E-state index contributed by atoms with van der Waals surface area (Å²) in [5, 5.41) is 6.80. The fourth-order valence-corrected chi connectivity index (χ4v) is 2.82. The third-order valence-electron chi connectivity index (χ3n) is 3.99.